The van der Waals surface area contributed by atoms with Gasteiger partial charge in [-0.2, -0.15) is 8.42 Å². The van der Waals surface area contributed by atoms with E-state index < -0.39 is 10.4 Å². The number of hydrogen-bond donors (Lipinski definition) is 1. The van der Waals surface area contributed by atoms with E-state index in [4.69, 9.17) is 0 Å². The quantitative estimate of drug-likeness (QED) is 0.790. The van der Waals surface area contributed by atoms with Crippen LogP contribution in [0.15, 0.2) is 24.3 Å². The van der Waals surface area contributed by atoms with Crippen molar-refractivity contribution in [3.8, 4) is 0 Å². The summed E-state index contributed by atoms with van der Waals surface area (Å²) in [5.41, 5.74) is 1.31. The highest BCUT2D eigenvalue weighted by molar-refractivity contribution is 7.87. The summed E-state index contributed by atoms with van der Waals surface area (Å²) in [6.45, 7) is 4.04. The van der Waals surface area contributed by atoms with E-state index in [-0.39, 0.29) is 5.69 Å². The summed E-state index contributed by atoms with van der Waals surface area (Å²) in [4.78, 5) is 0. The molecule has 0 aliphatic heterocycles. The number of hydrogen-bond acceptors (Lipinski definition) is 2. The minimum atomic E-state index is -4.66. The van der Waals surface area contributed by atoms with Gasteiger partial charge in [-0.25, -0.2) is 0 Å². The van der Waals surface area contributed by atoms with Crippen LogP contribution in [0.3, 0.4) is 0 Å². The Balaban J connectivity index is 2.84. The zero-order chi connectivity index (χ0) is 10.8. The van der Waals surface area contributed by atoms with Crippen molar-refractivity contribution >= 4 is 16.1 Å². The van der Waals surface area contributed by atoms with Gasteiger partial charge in [0.05, 0.1) is 5.69 Å². The summed E-state index contributed by atoms with van der Waals surface area (Å²) in [6, 6.07) is 6.59. The van der Waals surface area contributed by atoms with Crippen molar-refractivity contribution < 1.29 is 12.3 Å². The van der Waals surface area contributed by atoms with Crippen molar-refractivity contribution in [2.24, 2.45) is 0 Å². The first-order valence-corrected chi connectivity index (χ1v) is 5.59. The van der Waals surface area contributed by atoms with Crippen molar-refractivity contribution in [2.45, 2.75) is 19.8 Å². The molecule has 14 heavy (non-hydrogen) atoms. The molecule has 78 valence electrons. The molecule has 1 rings (SSSR count). The van der Waals surface area contributed by atoms with Gasteiger partial charge in [0.2, 0.25) is 0 Å². The maximum absolute atomic E-state index is 12.2. The van der Waals surface area contributed by atoms with Gasteiger partial charge in [-0.15, -0.1) is 0 Å². The summed E-state index contributed by atoms with van der Waals surface area (Å²) in [5, 5.41) is 0. The van der Waals surface area contributed by atoms with Gasteiger partial charge in [-0.3, -0.25) is 4.72 Å². The van der Waals surface area contributed by atoms with E-state index in [0.29, 0.717) is 5.92 Å². The second kappa shape index (κ2) is 3.96. The molecule has 1 aromatic rings. The predicted octanol–water partition coefficient (Wildman–Crippen LogP) is 2.44. The molecule has 0 atom stereocenters. The van der Waals surface area contributed by atoms with Crippen LogP contribution in [0.4, 0.5) is 9.57 Å². The third-order valence-electron chi connectivity index (χ3n) is 1.82. The zero-order valence-electron chi connectivity index (χ0n) is 7.99. The smallest absolute Gasteiger partial charge is 0.257 e. The fourth-order valence-electron chi connectivity index (χ4n) is 1.08. The van der Waals surface area contributed by atoms with Crippen LogP contribution in [-0.4, -0.2) is 8.42 Å². The summed E-state index contributed by atoms with van der Waals surface area (Å²) in [5.74, 6) is 0.367. The van der Waals surface area contributed by atoms with Crippen LogP contribution in [0.1, 0.15) is 25.3 Å². The lowest BCUT2D eigenvalue weighted by atomic mass is 10.0. The normalized spacial score (nSPS) is 11.7. The van der Waals surface area contributed by atoms with E-state index in [9.17, 15) is 12.3 Å². The van der Waals surface area contributed by atoms with Gasteiger partial charge >= 0.3 is 10.4 Å². The highest BCUT2D eigenvalue weighted by atomic mass is 32.3. The van der Waals surface area contributed by atoms with E-state index in [1.807, 2.05) is 13.8 Å². The number of nitrogens with one attached hydrogen (secondary N) is 1. The maximum atomic E-state index is 12.2. The molecule has 0 fully saturated rings. The third kappa shape index (κ3) is 3.33. The van der Waals surface area contributed by atoms with Gasteiger partial charge < -0.3 is 0 Å². The summed E-state index contributed by atoms with van der Waals surface area (Å²) >= 11 is 0. The van der Waals surface area contributed by atoms with E-state index in [1.54, 1.807) is 16.9 Å². The Morgan fingerprint density at radius 1 is 1.21 bits per heavy atom. The first kappa shape index (κ1) is 11.0. The van der Waals surface area contributed by atoms with Gasteiger partial charge in [-0.05, 0) is 23.6 Å². The molecule has 5 heteroatoms. The van der Waals surface area contributed by atoms with Crippen molar-refractivity contribution in [2.75, 3.05) is 4.72 Å². The van der Waals surface area contributed by atoms with Crippen molar-refractivity contribution in [3.63, 3.8) is 0 Å². The number of benzene rings is 1. The molecule has 3 nitrogen and oxygen atoms in total. The molecule has 0 saturated heterocycles. The largest absolute Gasteiger partial charge is 0.396 e. The van der Waals surface area contributed by atoms with Crippen LogP contribution < -0.4 is 4.72 Å². The molecule has 1 N–H and O–H groups in total. The molecule has 0 aliphatic rings. The molecule has 0 heterocycles. The van der Waals surface area contributed by atoms with Gasteiger partial charge in [0.15, 0.2) is 0 Å². The van der Waals surface area contributed by atoms with Gasteiger partial charge in [0, 0.05) is 0 Å². The zero-order valence-corrected chi connectivity index (χ0v) is 8.81. The Bertz CT molecular complexity index is 397. The van der Waals surface area contributed by atoms with E-state index in [2.05, 4.69) is 0 Å². The molecule has 0 aliphatic carbocycles. The Morgan fingerprint density at radius 2 is 1.71 bits per heavy atom. The third-order valence-corrected chi connectivity index (χ3v) is 2.30. The van der Waals surface area contributed by atoms with E-state index >= 15 is 0 Å². The molecule has 0 spiro atoms. The lowest BCUT2D eigenvalue weighted by Gasteiger charge is -2.06. The second-order valence-corrected chi connectivity index (χ2v) is 4.40. The molecule has 1 aromatic carbocycles. The van der Waals surface area contributed by atoms with Crippen LogP contribution >= 0.6 is 0 Å². The Morgan fingerprint density at radius 3 is 2.07 bits per heavy atom. The second-order valence-electron chi connectivity index (χ2n) is 3.32. The lowest BCUT2D eigenvalue weighted by molar-refractivity contribution is 0.558. The molecule has 0 amide bonds. The molecular weight excluding hydrogens is 205 g/mol. The molecule has 0 saturated carbocycles. The van der Waals surface area contributed by atoms with Crippen molar-refractivity contribution in [1.82, 2.24) is 0 Å². The number of anilines is 1. The first-order chi connectivity index (χ1) is 6.38. The summed E-state index contributed by atoms with van der Waals surface area (Å²) in [6.07, 6.45) is 0. The molecule has 0 radical (unpaired) electrons. The van der Waals surface area contributed by atoms with Gasteiger partial charge in [0.25, 0.3) is 0 Å². The average Bonchev–Trinajstić information content (AvgIpc) is 2.02. The van der Waals surface area contributed by atoms with E-state index in [0.717, 1.165) is 5.56 Å². The topological polar surface area (TPSA) is 46.2 Å². The number of rotatable bonds is 3. The van der Waals surface area contributed by atoms with Gasteiger partial charge in [-0.1, -0.05) is 29.9 Å². The van der Waals surface area contributed by atoms with Crippen molar-refractivity contribution in [3.05, 3.63) is 29.8 Å². The molecule has 0 aromatic heterocycles. The van der Waals surface area contributed by atoms with Crippen LogP contribution in [0.5, 0.6) is 0 Å². The first-order valence-electron chi connectivity index (χ1n) is 4.21. The highest BCUT2D eigenvalue weighted by Gasteiger charge is 2.06. The fraction of sp³-hybridized carbons (Fsp3) is 0.333. The van der Waals surface area contributed by atoms with Crippen LogP contribution in [0.25, 0.3) is 0 Å². The van der Waals surface area contributed by atoms with Crippen LogP contribution in [-0.2, 0) is 10.4 Å². The predicted molar refractivity (Wildman–Crippen MR) is 54.2 cm³/mol. The molecule has 0 bridgehead atoms. The maximum Gasteiger partial charge on any atom is 0.396 e. The lowest BCUT2D eigenvalue weighted by Crippen LogP contribution is -2.05. The summed E-state index contributed by atoms with van der Waals surface area (Å²) < 4.78 is 34.4. The Hall–Kier alpha value is -1.10. The molecular formula is C9H12FNO2S. The average molecular weight is 217 g/mol. The Labute approximate surface area is 83.3 Å². The summed E-state index contributed by atoms with van der Waals surface area (Å²) in [7, 11) is -4.66. The fourth-order valence-corrected chi connectivity index (χ4v) is 1.49. The van der Waals surface area contributed by atoms with Crippen LogP contribution in [0, 0.1) is 0 Å². The van der Waals surface area contributed by atoms with E-state index in [1.165, 1.54) is 12.1 Å². The SMILES string of the molecule is CC(C)c1ccc(NS(=O)(=O)F)cc1. The highest BCUT2D eigenvalue weighted by Crippen LogP contribution is 2.17. The van der Waals surface area contributed by atoms with Crippen molar-refractivity contribution in [1.29, 1.82) is 0 Å². The minimum absolute atomic E-state index is 0.233. The number of halogens is 1. The Kier molecular flexibility index (Phi) is 3.10. The molecule has 0 unspecified atom stereocenters. The minimum Gasteiger partial charge on any atom is -0.257 e. The van der Waals surface area contributed by atoms with Gasteiger partial charge in [0.1, 0.15) is 0 Å². The monoisotopic (exact) mass is 217 g/mol. The van der Waals surface area contributed by atoms with Crippen LogP contribution in [0.2, 0.25) is 0 Å². The standard InChI is InChI=1S/C9H12FNO2S/c1-7(2)8-3-5-9(6-4-8)11-14(10,12)13/h3-7,11H,1-2H3.